The van der Waals surface area contributed by atoms with E-state index in [0.717, 1.165) is 0 Å². The van der Waals surface area contributed by atoms with Crippen molar-refractivity contribution in [2.75, 3.05) is 25.0 Å². The van der Waals surface area contributed by atoms with Gasteiger partial charge in [-0.15, -0.1) is 0 Å². The Morgan fingerprint density at radius 2 is 2.22 bits per heavy atom. The Bertz CT molecular complexity index is 451. The van der Waals surface area contributed by atoms with E-state index in [1.54, 1.807) is 11.9 Å². The maximum absolute atomic E-state index is 11.0. The quantitative estimate of drug-likeness (QED) is 0.655. The van der Waals surface area contributed by atoms with Gasteiger partial charge in [0.15, 0.2) is 0 Å². The number of nitro groups is 1. The van der Waals surface area contributed by atoms with E-state index in [4.69, 9.17) is 17.3 Å². The minimum Gasteiger partial charge on any atom is -0.353 e. The first-order chi connectivity index (χ1) is 8.26. The summed E-state index contributed by atoms with van der Waals surface area (Å²) >= 11 is 5.72. The molecule has 0 aliphatic heterocycles. The zero-order valence-corrected chi connectivity index (χ0v) is 11.4. The molecule has 0 saturated heterocycles. The number of aromatic nitrogens is 1. The molecule has 0 aliphatic rings. The van der Waals surface area contributed by atoms with Gasteiger partial charge in [-0.25, -0.2) is 4.98 Å². The molecule has 0 aliphatic carbocycles. The minimum atomic E-state index is -0.486. The number of pyridine rings is 1. The number of nitrogens with two attached hydrogens (primary N) is 1. The van der Waals surface area contributed by atoms with Crippen molar-refractivity contribution in [2.45, 2.75) is 13.8 Å². The highest BCUT2D eigenvalue weighted by Crippen LogP contribution is 2.29. The molecule has 0 radical (unpaired) electrons. The fourth-order valence-electron chi connectivity index (χ4n) is 1.63. The Balaban J connectivity index is 3.05. The van der Waals surface area contributed by atoms with Crippen LogP contribution in [0.15, 0.2) is 12.3 Å². The van der Waals surface area contributed by atoms with Crippen LogP contribution in [0.5, 0.6) is 0 Å². The summed E-state index contributed by atoms with van der Waals surface area (Å²) in [6.07, 6.45) is 1.40. The lowest BCUT2D eigenvalue weighted by atomic mass is 9.93. The van der Waals surface area contributed by atoms with Crippen molar-refractivity contribution in [3.8, 4) is 0 Å². The van der Waals surface area contributed by atoms with Crippen molar-refractivity contribution >= 4 is 23.1 Å². The van der Waals surface area contributed by atoms with E-state index in [0.29, 0.717) is 18.9 Å². The molecule has 0 spiro atoms. The predicted octanol–water partition coefficient (Wildman–Crippen LogP) is 2.06. The van der Waals surface area contributed by atoms with Crippen molar-refractivity contribution in [3.05, 3.63) is 27.4 Å². The first-order valence-corrected chi connectivity index (χ1v) is 5.86. The molecule has 1 aromatic rings. The number of rotatable bonds is 5. The van der Waals surface area contributed by atoms with Gasteiger partial charge in [0.05, 0.1) is 9.95 Å². The van der Waals surface area contributed by atoms with Gasteiger partial charge >= 0.3 is 5.69 Å². The van der Waals surface area contributed by atoms with Crippen molar-refractivity contribution in [1.29, 1.82) is 0 Å². The van der Waals surface area contributed by atoms with Crippen LogP contribution in [0, 0.1) is 15.5 Å². The van der Waals surface area contributed by atoms with Gasteiger partial charge in [0.25, 0.3) is 0 Å². The molecule has 0 aromatic carbocycles. The van der Waals surface area contributed by atoms with Gasteiger partial charge in [-0.1, -0.05) is 25.4 Å². The third-order valence-corrected chi connectivity index (χ3v) is 2.80. The summed E-state index contributed by atoms with van der Waals surface area (Å²) in [7, 11) is 1.75. The molecule has 7 heteroatoms. The zero-order valence-electron chi connectivity index (χ0n) is 10.7. The molecule has 0 saturated carbocycles. The monoisotopic (exact) mass is 272 g/mol. The smallest absolute Gasteiger partial charge is 0.313 e. The van der Waals surface area contributed by atoms with Crippen LogP contribution in [0.3, 0.4) is 0 Å². The maximum Gasteiger partial charge on any atom is 0.313 e. The van der Waals surface area contributed by atoms with E-state index < -0.39 is 4.92 Å². The van der Waals surface area contributed by atoms with Crippen LogP contribution in [0.25, 0.3) is 0 Å². The largest absolute Gasteiger partial charge is 0.353 e. The number of nitrogens with zero attached hydrogens (tertiary/aromatic N) is 3. The highest BCUT2D eigenvalue weighted by molar-refractivity contribution is 6.30. The summed E-state index contributed by atoms with van der Waals surface area (Å²) in [4.78, 5) is 16.2. The molecule has 100 valence electrons. The average Bonchev–Trinajstić information content (AvgIpc) is 2.28. The molecule has 1 heterocycles. The van der Waals surface area contributed by atoms with Crippen LogP contribution in [0.2, 0.25) is 5.02 Å². The SMILES string of the molecule is CN(CC(C)(C)CN)c1ncc(Cl)cc1[N+](=O)[O-]. The van der Waals surface area contributed by atoms with E-state index in [9.17, 15) is 10.1 Å². The first kappa shape index (κ1) is 14.7. The Kier molecular flexibility index (Phi) is 4.48. The molecule has 2 N–H and O–H groups in total. The van der Waals surface area contributed by atoms with E-state index in [-0.39, 0.29) is 16.1 Å². The highest BCUT2D eigenvalue weighted by Gasteiger charge is 2.24. The number of anilines is 1. The molecule has 0 atom stereocenters. The second-order valence-electron chi connectivity index (χ2n) is 4.98. The van der Waals surface area contributed by atoms with Crippen molar-refractivity contribution in [1.82, 2.24) is 4.98 Å². The standard InChI is InChI=1S/C11H17ClN4O2/c1-11(2,6-13)7-15(3)10-9(16(17)18)4-8(12)5-14-10/h4-5H,6-7,13H2,1-3H3. The molecule has 0 fully saturated rings. The second kappa shape index (κ2) is 5.49. The molecule has 18 heavy (non-hydrogen) atoms. The lowest BCUT2D eigenvalue weighted by molar-refractivity contribution is -0.384. The van der Waals surface area contributed by atoms with E-state index in [1.165, 1.54) is 12.3 Å². The Morgan fingerprint density at radius 3 is 2.72 bits per heavy atom. The van der Waals surface area contributed by atoms with Gasteiger partial charge in [0.1, 0.15) is 0 Å². The molecular weight excluding hydrogens is 256 g/mol. The van der Waals surface area contributed by atoms with E-state index >= 15 is 0 Å². The Hall–Kier alpha value is -1.40. The third-order valence-electron chi connectivity index (χ3n) is 2.59. The molecule has 1 aromatic heterocycles. The van der Waals surface area contributed by atoms with Crippen LogP contribution in [-0.4, -0.2) is 30.0 Å². The van der Waals surface area contributed by atoms with Crippen LogP contribution in [-0.2, 0) is 0 Å². The van der Waals surface area contributed by atoms with Gasteiger partial charge in [-0.2, -0.15) is 0 Å². The highest BCUT2D eigenvalue weighted by atomic mass is 35.5. The molecule has 0 unspecified atom stereocenters. The summed E-state index contributed by atoms with van der Waals surface area (Å²) in [5, 5.41) is 11.2. The fraction of sp³-hybridized carbons (Fsp3) is 0.545. The predicted molar refractivity (Wildman–Crippen MR) is 72.0 cm³/mol. The molecular formula is C11H17ClN4O2. The van der Waals surface area contributed by atoms with Crippen molar-refractivity contribution < 1.29 is 4.92 Å². The number of hydrogen-bond acceptors (Lipinski definition) is 5. The van der Waals surface area contributed by atoms with Crippen LogP contribution >= 0.6 is 11.6 Å². The number of halogens is 1. The lowest BCUT2D eigenvalue weighted by Crippen LogP contribution is -2.37. The summed E-state index contributed by atoms with van der Waals surface area (Å²) in [5.41, 5.74) is 5.40. The summed E-state index contributed by atoms with van der Waals surface area (Å²) in [6, 6.07) is 1.30. The first-order valence-electron chi connectivity index (χ1n) is 5.48. The van der Waals surface area contributed by atoms with Gasteiger partial charge < -0.3 is 10.6 Å². The minimum absolute atomic E-state index is 0.0992. The summed E-state index contributed by atoms with van der Waals surface area (Å²) in [5.74, 6) is 0.297. The Labute approximate surface area is 111 Å². The Morgan fingerprint density at radius 1 is 1.61 bits per heavy atom. The van der Waals surface area contributed by atoms with E-state index in [1.807, 2.05) is 13.8 Å². The van der Waals surface area contributed by atoms with Crippen molar-refractivity contribution in [2.24, 2.45) is 11.1 Å². The average molecular weight is 273 g/mol. The lowest BCUT2D eigenvalue weighted by Gasteiger charge is -2.29. The zero-order chi connectivity index (χ0) is 13.9. The van der Waals surface area contributed by atoms with Crippen LogP contribution < -0.4 is 10.6 Å². The van der Waals surface area contributed by atoms with Gasteiger partial charge in [0.2, 0.25) is 5.82 Å². The topological polar surface area (TPSA) is 85.3 Å². The normalized spacial score (nSPS) is 11.4. The van der Waals surface area contributed by atoms with Gasteiger partial charge in [-0.3, -0.25) is 10.1 Å². The molecule has 0 bridgehead atoms. The third kappa shape index (κ3) is 3.54. The molecule has 1 rings (SSSR count). The van der Waals surface area contributed by atoms with E-state index in [2.05, 4.69) is 4.98 Å². The van der Waals surface area contributed by atoms with Gasteiger partial charge in [-0.05, 0) is 12.0 Å². The maximum atomic E-state index is 11.0. The molecule has 6 nitrogen and oxygen atoms in total. The molecule has 0 amide bonds. The summed E-state index contributed by atoms with van der Waals surface area (Å²) in [6.45, 7) is 5.04. The second-order valence-corrected chi connectivity index (χ2v) is 5.41. The van der Waals surface area contributed by atoms with Gasteiger partial charge in [0, 0.05) is 25.9 Å². The summed E-state index contributed by atoms with van der Waals surface area (Å²) < 4.78 is 0. The van der Waals surface area contributed by atoms with Crippen LogP contribution in [0.1, 0.15) is 13.8 Å². The van der Waals surface area contributed by atoms with Crippen LogP contribution in [0.4, 0.5) is 11.5 Å². The van der Waals surface area contributed by atoms with Crippen molar-refractivity contribution in [3.63, 3.8) is 0 Å². The number of hydrogen-bond donors (Lipinski definition) is 1. The fourth-order valence-corrected chi connectivity index (χ4v) is 1.78.